The van der Waals surface area contributed by atoms with Crippen LogP contribution in [0.2, 0.25) is 0 Å². The highest BCUT2D eigenvalue weighted by molar-refractivity contribution is 14.0. The molecule has 1 fully saturated rings. The number of alkyl halides is 3. The zero-order valence-electron chi connectivity index (χ0n) is 15.8. The first-order valence-electron chi connectivity index (χ1n) is 8.51. The highest BCUT2D eigenvalue weighted by atomic mass is 127. The van der Waals surface area contributed by atoms with Crippen molar-refractivity contribution in [3.05, 3.63) is 15.6 Å². The summed E-state index contributed by atoms with van der Waals surface area (Å²) in [5.41, 5.74) is -4.24. The summed E-state index contributed by atoms with van der Waals surface area (Å²) in [6.07, 6.45) is 1.35. The zero-order chi connectivity index (χ0) is 20.2. The Morgan fingerprint density at radius 3 is 2.39 bits per heavy atom. The normalized spacial score (nSPS) is 17.3. The van der Waals surface area contributed by atoms with Gasteiger partial charge in [-0.1, -0.05) is 0 Å². The molecule has 1 aliphatic rings. The van der Waals surface area contributed by atoms with E-state index >= 15 is 0 Å². The predicted octanol–water partition coefficient (Wildman–Crippen LogP) is 2.40. The van der Waals surface area contributed by atoms with Crippen molar-refractivity contribution in [2.75, 3.05) is 26.7 Å². The first-order valence-corrected chi connectivity index (χ1v) is 10.8. The van der Waals surface area contributed by atoms with Crippen LogP contribution in [-0.4, -0.2) is 61.9 Å². The van der Waals surface area contributed by atoms with Crippen molar-refractivity contribution in [1.82, 2.24) is 19.9 Å². The van der Waals surface area contributed by atoms with Gasteiger partial charge in [0.25, 0.3) is 0 Å². The molecule has 1 saturated heterocycles. The molecule has 1 aromatic rings. The largest absolute Gasteiger partial charge is 0.511 e. The van der Waals surface area contributed by atoms with Crippen LogP contribution in [0.25, 0.3) is 0 Å². The summed E-state index contributed by atoms with van der Waals surface area (Å²) in [6, 6.07) is -0.136. The number of hydrogen-bond donors (Lipinski definition) is 2. The summed E-state index contributed by atoms with van der Waals surface area (Å²) in [4.78, 5) is 9.69. The number of aromatic nitrogens is 1. The Bertz CT molecular complexity index is 775. The molecule has 0 bridgehead atoms. The van der Waals surface area contributed by atoms with Gasteiger partial charge in [0.15, 0.2) is 5.96 Å². The fourth-order valence-corrected chi connectivity index (χ4v) is 4.80. The fourth-order valence-electron chi connectivity index (χ4n) is 2.87. The molecule has 2 heterocycles. The molecule has 0 amide bonds. The fraction of sp³-hybridized carbons (Fsp3) is 0.733. The molecule has 0 saturated carbocycles. The quantitative estimate of drug-likeness (QED) is 0.331. The number of hydrogen-bond acceptors (Lipinski definition) is 5. The number of nitrogens with one attached hydrogen (secondary N) is 2. The minimum absolute atomic E-state index is 0. The lowest BCUT2D eigenvalue weighted by atomic mass is 10.1. The summed E-state index contributed by atoms with van der Waals surface area (Å²) in [6.45, 7) is 4.23. The van der Waals surface area contributed by atoms with Crippen LogP contribution in [0.15, 0.2) is 4.99 Å². The third-order valence-electron chi connectivity index (χ3n) is 4.29. The Balaban J connectivity index is 0.00000392. The smallest absolute Gasteiger partial charge is 0.356 e. The monoisotopic (exact) mass is 555 g/mol. The van der Waals surface area contributed by atoms with E-state index < -0.39 is 15.5 Å². The van der Waals surface area contributed by atoms with Gasteiger partial charge in [-0.05, 0) is 26.7 Å². The van der Waals surface area contributed by atoms with Crippen molar-refractivity contribution in [1.29, 1.82) is 0 Å². The number of halogens is 4. The molecule has 0 spiro atoms. The SMILES string of the molecule is CN=C(NCCc1sc(C)nc1C)NC1CCN(S(=O)(=O)C(F)(F)F)CC1.I. The Morgan fingerprint density at radius 1 is 1.32 bits per heavy atom. The molecule has 2 rings (SSSR count). The van der Waals surface area contributed by atoms with E-state index in [1.807, 2.05) is 13.8 Å². The third-order valence-corrected chi connectivity index (χ3v) is 7.06. The Labute approximate surface area is 184 Å². The summed E-state index contributed by atoms with van der Waals surface area (Å²) in [5.74, 6) is 0.547. The maximum atomic E-state index is 12.6. The van der Waals surface area contributed by atoms with E-state index in [0.717, 1.165) is 17.1 Å². The topological polar surface area (TPSA) is 86.7 Å². The van der Waals surface area contributed by atoms with Gasteiger partial charge < -0.3 is 10.6 Å². The molecule has 28 heavy (non-hydrogen) atoms. The first kappa shape index (κ1) is 25.4. The van der Waals surface area contributed by atoms with Crippen molar-refractivity contribution in [3.63, 3.8) is 0 Å². The first-order chi connectivity index (χ1) is 12.5. The maximum Gasteiger partial charge on any atom is 0.511 e. The lowest BCUT2D eigenvalue weighted by Gasteiger charge is -2.32. The van der Waals surface area contributed by atoms with E-state index in [-0.39, 0.29) is 55.9 Å². The van der Waals surface area contributed by atoms with Crippen LogP contribution in [-0.2, 0) is 16.4 Å². The predicted molar refractivity (Wildman–Crippen MR) is 115 cm³/mol. The summed E-state index contributed by atoms with van der Waals surface area (Å²) in [5, 5.41) is 7.34. The third kappa shape index (κ3) is 6.42. The summed E-state index contributed by atoms with van der Waals surface area (Å²) in [7, 11) is -3.64. The van der Waals surface area contributed by atoms with Crippen molar-refractivity contribution >= 4 is 51.3 Å². The number of thiazole rings is 1. The van der Waals surface area contributed by atoms with E-state index in [2.05, 4.69) is 20.6 Å². The van der Waals surface area contributed by atoms with Crippen LogP contribution in [0.3, 0.4) is 0 Å². The van der Waals surface area contributed by atoms with Gasteiger partial charge in [0, 0.05) is 44.0 Å². The average Bonchev–Trinajstić information content (AvgIpc) is 2.91. The molecule has 7 nitrogen and oxygen atoms in total. The molecule has 0 aliphatic carbocycles. The van der Waals surface area contributed by atoms with Crippen LogP contribution < -0.4 is 10.6 Å². The molecular formula is C15H25F3IN5O2S2. The molecule has 1 aliphatic heterocycles. The van der Waals surface area contributed by atoms with Crippen LogP contribution in [0.1, 0.15) is 28.4 Å². The molecule has 13 heteroatoms. The van der Waals surface area contributed by atoms with Crippen molar-refractivity contribution in [2.24, 2.45) is 4.99 Å². The summed E-state index contributed by atoms with van der Waals surface area (Å²) < 4.78 is 61.2. The molecule has 0 atom stereocenters. The number of rotatable bonds is 5. The van der Waals surface area contributed by atoms with Gasteiger partial charge in [0.1, 0.15) is 0 Å². The van der Waals surface area contributed by atoms with E-state index in [1.165, 1.54) is 4.88 Å². The molecule has 0 aromatic carbocycles. The van der Waals surface area contributed by atoms with E-state index in [9.17, 15) is 21.6 Å². The second-order valence-electron chi connectivity index (χ2n) is 6.26. The van der Waals surface area contributed by atoms with Gasteiger partial charge in [-0.3, -0.25) is 4.99 Å². The minimum atomic E-state index is -5.25. The number of guanidine groups is 1. The second kappa shape index (κ2) is 10.4. The van der Waals surface area contributed by atoms with Gasteiger partial charge in [-0.2, -0.15) is 17.5 Å². The average molecular weight is 555 g/mol. The number of aliphatic imine (C=N–C) groups is 1. The molecule has 2 N–H and O–H groups in total. The van der Waals surface area contributed by atoms with Crippen molar-refractivity contribution in [3.8, 4) is 0 Å². The Hall–Kier alpha value is -0.670. The Morgan fingerprint density at radius 2 is 1.93 bits per heavy atom. The van der Waals surface area contributed by atoms with E-state index in [1.54, 1.807) is 18.4 Å². The van der Waals surface area contributed by atoms with Gasteiger partial charge in [0.05, 0.1) is 10.7 Å². The van der Waals surface area contributed by atoms with Crippen molar-refractivity contribution in [2.45, 2.75) is 44.7 Å². The van der Waals surface area contributed by atoms with Crippen molar-refractivity contribution < 1.29 is 21.6 Å². The number of piperidine rings is 1. The lowest BCUT2D eigenvalue weighted by Crippen LogP contribution is -2.51. The number of sulfonamides is 1. The molecule has 1 aromatic heterocycles. The van der Waals surface area contributed by atoms with E-state index in [4.69, 9.17) is 0 Å². The number of aryl methyl sites for hydroxylation is 2. The maximum absolute atomic E-state index is 12.6. The summed E-state index contributed by atoms with van der Waals surface area (Å²) >= 11 is 1.65. The standard InChI is InChI=1S/C15H24F3N5O2S2.HI/c1-10-13(26-11(2)21-10)4-7-20-14(19-3)22-12-5-8-23(9-6-12)27(24,25)15(16,17)18;/h12H,4-9H2,1-3H3,(H2,19,20,22);1H. The van der Waals surface area contributed by atoms with E-state index in [0.29, 0.717) is 16.8 Å². The molecule has 0 unspecified atom stereocenters. The zero-order valence-corrected chi connectivity index (χ0v) is 19.8. The van der Waals surface area contributed by atoms with Gasteiger partial charge in [0.2, 0.25) is 0 Å². The second-order valence-corrected chi connectivity index (χ2v) is 9.48. The lowest BCUT2D eigenvalue weighted by molar-refractivity contribution is -0.0494. The minimum Gasteiger partial charge on any atom is -0.356 e. The Kier molecular flexibility index (Phi) is 9.41. The molecular weight excluding hydrogens is 530 g/mol. The highest BCUT2D eigenvalue weighted by Crippen LogP contribution is 2.28. The molecule has 0 radical (unpaired) electrons. The van der Waals surface area contributed by atoms with Crippen LogP contribution in [0, 0.1) is 13.8 Å². The van der Waals surface area contributed by atoms with Crippen LogP contribution in [0.5, 0.6) is 0 Å². The van der Waals surface area contributed by atoms with Gasteiger partial charge in [-0.25, -0.2) is 13.4 Å². The van der Waals surface area contributed by atoms with Gasteiger partial charge in [-0.15, -0.1) is 35.3 Å². The van der Waals surface area contributed by atoms with Crippen LogP contribution in [0.4, 0.5) is 13.2 Å². The van der Waals surface area contributed by atoms with Crippen LogP contribution >= 0.6 is 35.3 Å². The number of nitrogens with zero attached hydrogens (tertiary/aromatic N) is 3. The van der Waals surface area contributed by atoms with Gasteiger partial charge >= 0.3 is 15.5 Å². The molecule has 162 valence electrons. The highest BCUT2D eigenvalue weighted by Gasteiger charge is 2.50.